The van der Waals surface area contributed by atoms with E-state index < -0.39 is 0 Å². The number of nitrogens with zero attached hydrogens (tertiary/aromatic N) is 1. The first-order valence-corrected chi connectivity index (χ1v) is 6.33. The summed E-state index contributed by atoms with van der Waals surface area (Å²) in [5.41, 5.74) is 8.67. The lowest BCUT2D eigenvalue weighted by Crippen LogP contribution is -2.18. The number of ether oxygens (including phenoxy) is 1. The van der Waals surface area contributed by atoms with E-state index in [0.717, 1.165) is 48.3 Å². The van der Waals surface area contributed by atoms with Crippen molar-refractivity contribution >= 4 is 22.3 Å². The zero-order valence-electron chi connectivity index (χ0n) is 10.2. The summed E-state index contributed by atoms with van der Waals surface area (Å²) in [4.78, 5) is 4.40. The highest BCUT2D eigenvalue weighted by molar-refractivity contribution is 5.98. The number of pyridine rings is 1. The minimum absolute atomic E-state index is 0.321. The molecule has 1 unspecified atom stereocenters. The number of nitrogens with two attached hydrogens (primary N) is 1. The molecule has 3 rings (SSSR count). The minimum Gasteiger partial charge on any atom is -0.398 e. The monoisotopic (exact) mass is 243 g/mol. The minimum atomic E-state index is 0.321. The van der Waals surface area contributed by atoms with E-state index in [2.05, 4.69) is 10.3 Å². The van der Waals surface area contributed by atoms with Crippen LogP contribution in [0.25, 0.3) is 10.9 Å². The zero-order valence-corrected chi connectivity index (χ0v) is 10.2. The molecule has 1 saturated heterocycles. The number of anilines is 2. The Bertz CT molecular complexity index is 550. The van der Waals surface area contributed by atoms with E-state index in [1.807, 2.05) is 24.3 Å². The standard InChI is InChI=1S/C14H17N3O/c15-12-5-6-13(14-11(12)4-1-7-16-14)17-9-10-3-2-8-18-10/h1,4-7,10,17H,2-3,8-9,15H2. The molecule has 0 amide bonds. The molecule has 2 heterocycles. The van der Waals surface area contributed by atoms with Gasteiger partial charge < -0.3 is 15.8 Å². The fraction of sp³-hybridized carbons (Fsp3) is 0.357. The number of aromatic nitrogens is 1. The molecule has 1 fully saturated rings. The molecule has 0 spiro atoms. The number of nitrogen functional groups attached to an aromatic ring is 1. The van der Waals surface area contributed by atoms with Gasteiger partial charge in [0.25, 0.3) is 0 Å². The van der Waals surface area contributed by atoms with E-state index in [-0.39, 0.29) is 0 Å². The Kier molecular flexibility index (Phi) is 3.02. The van der Waals surface area contributed by atoms with Crippen molar-refractivity contribution in [2.45, 2.75) is 18.9 Å². The van der Waals surface area contributed by atoms with Gasteiger partial charge in [0.05, 0.1) is 17.3 Å². The van der Waals surface area contributed by atoms with Crippen LogP contribution in [-0.4, -0.2) is 24.2 Å². The first kappa shape index (κ1) is 11.3. The van der Waals surface area contributed by atoms with Crippen molar-refractivity contribution < 1.29 is 4.74 Å². The SMILES string of the molecule is Nc1ccc(NCC2CCCO2)c2ncccc12. The van der Waals surface area contributed by atoms with Crippen molar-refractivity contribution in [2.75, 3.05) is 24.2 Å². The second-order valence-corrected chi connectivity index (χ2v) is 4.62. The van der Waals surface area contributed by atoms with Gasteiger partial charge in [-0.15, -0.1) is 0 Å². The van der Waals surface area contributed by atoms with Crippen molar-refractivity contribution in [1.29, 1.82) is 0 Å². The Morgan fingerprint density at radius 1 is 1.39 bits per heavy atom. The van der Waals surface area contributed by atoms with Gasteiger partial charge in [-0.1, -0.05) is 0 Å². The normalized spacial score (nSPS) is 19.2. The molecule has 1 atom stereocenters. The fourth-order valence-electron chi connectivity index (χ4n) is 2.37. The van der Waals surface area contributed by atoms with Gasteiger partial charge in [0.1, 0.15) is 0 Å². The Morgan fingerprint density at radius 3 is 3.17 bits per heavy atom. The topological polar surface area (TPSA) is 60.2 Å². The molecule has 4 heteroatoms. The highest BCUT2D eigenvalue weighted by Gasteiger charge is 2.15. The largest absolute Gasteiger partial charge is 0.398 e. The maximum Gasteiger partial charge on any atom is 0.0953 e. The average Bonchev–Trinajstić information content (AvgIpc) is 2.92. The van der Waals surface area contributed by atoms with E-state index in [9.17, 15) is 0 Å². The second kappa shape index (κ2) is 4.82. The number of hydrogen-bond acceptors (Lipinski definition) is 4. The third kappa shape index (κ3) is 2.11. The highest BCUT2D eigenvalue weighted by atomic mass is 16.5. The molecule has 3 N–H and O–H groups in total. The van der Waals surface area contributed by atoms with Gasteiger partial charge in [-0.3, -0.25) is 4.98 Å². The second-order valence-electron chi connectivity index (χ2n) is 4.62. The predicted octanol–water partition coefficient (Wildman–Crippen LogP) is 2.41. The molecule has 4 nitrogen and oxygen atoms in total. The third-order valence-corrected chi connectivity index (χ3v) is 3.35. The molecule has 2 aromatic rings. The Hall–Kier alpha value is -1.81. The number of rotatable bonds is 3. The van der Waals surface area contributed by atoms with Crippen molar-refractivity contribution in [3.8, 4) is 0 Å². The van der Waals surface area contributed by atoms with E-state index in [1.165, 1.54) is 0 Å². The van der Waals surface area contributed by atoms with Crippen molar-refractivity contribution in [3.05, 3.63) is 30.5 Å². The van der Waals surface area contributed by atoms with Crippen LogP contribution in [0.3, 0.4) is 0 Å². The van der Waals surface area contributed by atoms with Gasteiger partial charge in [-0.05, 0) is 37.1 Å². The van der Waals surface area contributed by atoms with Crippen molar-refractivity contribution in [3.63, 3.8) is 0 Å². The summed E-state index contributed by atoms with van der Waals surface area (Å²) in [6, 6.07) is 7.80. The smallest absolute Gasteiger partial charge is 0.0953 e. The maximum atomic E-state index is 5.95. The van der Waals surface area contributed by atoms with Crippen LogP contribution < -0.4 is 11.1 Å². The molecule has 1 aliphatic heterocycles. The van der Waals surface area contributed by atoms with Crippen LogP contribution >= 0.6 is 0 Å². The maximum absolute atomic E-state index is 5.95. The van der Waals surface area contributed by atoms with Gasteiger partial charge in [0.2, 0.25) is 0 Å². The molecule has 94 valence electrons. The predicted molar refractivity (Wildman–Crippen MR) is 73.6 cm³/mol. The molecule has 0 aliphatic carbocycles. The van der Waals surface area contributed by atoms with Gasteiger partial charge in [0, 0.05) is 30.4 Å². The number of benzene rings is 1. The molecular weight excluding hydrogens is 226 g/mol. The first-order valence-electron chi connectivity index (χ1n) is 6.33. The number of fused-ring (bicyclic) bond motifs is 1. The molecule has 1 aliphatic rings. The Labute approximate surface area is 106 Å². The molecule has 1 aromatic carbocycles. The van der Waals surface area contributed by atoms with Crippen LogP contribution in [0.5, 0.6) is 0 Å². The average molecular weight is 243 g/mol. The summed E-state index contributed by atoms with van der Waals surface area (Å²) in [6.07, 6.45) is 4.40. The van der Waals surface area contributed by atoms with E-state index in [1.54, 1.807) is 6.20 Å². The summed E-state index contributed by atoms with van der Waals surface area (Å²) >= 11 is 0. The lowest BCUT2D eigenvalue weighted by atomic mass is 10.1. The van der Waals surface area contributed by atoms with E-state index in [0.29, 0.717) is 6.10 Å². The van der Waals surface area contributed by atoms with Gasteiger partial charge >= 0.3 is 0 Å². The molecule has 18 heavy (non-hydrogen) atoms. The summed E-state index contributed by atoms with van der Waals surface area (Å²) < 4.78 is 5.60. The van der Waals surface area contributed by atoms with Crippen molar-refractivity contribution in [1.82, 2.24) is 4.98 Å². The molecular formula is C14H17N3O. The van der Waals surface area contributed by atoms with Gasteiger partial charge in [-0.25, -0.2) is 0 Å². The van der Waals surface area contributed by atoms with Gasteiger partial charge in [0.15, 0.2) is 0 Å². The van der Waals surface area contributed by atoms with Crippen LogP contribution in [0.1, 0.15) is 12.8 Å². The lowest BCUT2D eigenvalue weighted by molar-refractivity contribution is 0.120. The van der Waals surface area contributed by atoms with Crippen LogP contribution in [-0.2, 0) is 4.74 Å². The lowest BCUT2D eigenvalue weighted by Gasteiger charge is -2.14. The van der Waals surface area contributed by atoms with Crippen molar-refractivity contribution in [2.24, 2.45) is 0 Å². The summed E-state index contributed by atoms with van der Waals surface area (Å²) in [5.74, 6) is 0. The third-order valence-electron chi connectivity index (χ3n) is 3.35. The first-order chi connectivity index (χ1) is 8.84. The number of nitrogens with one attached hydrogen (secondary N) is 1. The molecule has 0 radical (unpaired) electrons. The number of hydrogen-bond donors (Lipinski definition) is 2. The molecule has 0 saturated carbocycles. The summed E-state index contributed by atoms with van der Waals surface area (Å²) in [5, 5.41) is 4.41. The zero-order chi connectivity index (χ0) is 12.4. The molecule has 1 aromatic heterocycles. The van der Waals surface area contributed by atoms with Crippen LogP contribution in [0.15, 0.2) is 30.5 Å². The van der Waals surface area contributed by atoms with Gasteiger partial charge in [-0.2, -0.15) is 0 Å². The quantitative estimate of drug-likeness (QED) is 0.813. The fourth-order valence-corrected chi connectivity index (χ4v) is 2.37. The van der Waals surface area contributed by atoms with Crippen LogP contribution in [0, 0.1) is 0 Å². The van der Waals surface area contributed by atoms with Crippen LogP contribution in [0.2, 0.25) is 0 Å². The Morgan fingerprint density at radius 2 is 2.33 bits per heavy atom. The van der Waals surface area contributed by atoms with E-state index in [4.69, 9.17) is 10.5 Å². The summed E-state index contributed by atoms with van der Waals surface area (Å²) in [6.45, 7) is 1.71. The highest BCUT2D eigenvalue weighted by Crippen LogP contribution is 2.26. The summed E-state index contributed by atoms with van der Waals surface area (Å²) in [7, 11) is 0. The van der Waals surface area contributed by atoms with E-state index >= 15 is 0 Å². The molecule has 0 bridgehead atoms. The van der Waals surface area contributed by atoms with Crippen LogP contribution in [0.4, 0.5) is 11.4 Å². The Balaban J connectivity index is 1.85.